The highest BCUT2D eigenvalue weighted by Gasteiger charge is 2.31. The van der Waals surface area contributed by atoms with Crippen molar-refractivity contribution in [3.05, 3.63) is 63.6 Å². The van der Waals surface area contributed by atoms with E-state index < -0.39 is 16.0 Å². The van der Waals surface area contributed by atoms with Gasteiger partial charge in [-0.05, 0) is 55.2 Å². The van der Waals surface area contributed by atoms with Crippen molar-refractivity contribution in [1.29, 1.82) is 0 Å². The molecular formula is C22H25BrN2O5S. The Bertz CT molecular complexity index is 1060. The van der Waals surface area contributed by atoms with Gasteiger partial charge in [0.15, 0.2) is 0 Å². The molecule has 0 atom stereocenters. The van der Waals surface area contributed by atoms with Crippen molar-refractivity contribution in [3.63, 3.8) is 0 Å². The van der Waals surface area contributed by atoms with Gasteiger partial charge in [-0.2, -0.15) is 0 Å². The summed E-state index contributed by atoms with van der Waals surface area (Å²) in [5, 5.41) is 2.88. The first kappa shape index (κ1) is 23.4. The van der Waals surface area contributed by atoms with Crippen LogP contribution in [0.15, 0.2) is 46.9 Å². The van der Waals surface area contributed by atoms with Crippen LogP contribution in [-0.2, 0) is 25.3 Å². The molecule has 0 aromatic heterocycles. The lowest BCUT2D eigenvalue weighted by molar-refractivity contribution is -0.120. The van der Waals surface area contributed by atoms with Gasteiger partial charge in [0, 0.05) is 29.2 Å². The second-order valence-electron chi connectivity index (χ2n) is 7.51. The standard InChI is InChI=1S/C22H25BrN2O5S/c1-15-19(22(27)30-2)4-3-5-20(15)24-21(26)17-10-12-25(13-11-17)31(28,29)14-16-6-8-18(23)9-7-16/h3-9,17H,10-14H2,1-2H3,(H,24,26). The quantitative estimate of drug-likeness (QED) is 0.600. The molecule has 2 aromatic rings. The van der Waals surface area contributed by atoms with Crippen LogP contribution >= 0.6 is 15.9 Å². The highest BCUT2D eigenvalue weighted by molar-refractivity contribution is 9.10. The first-order valence-electron chi connectivity index (χ1n) is 9.92. The molecule has 7 nitrogen and oxygen atoms in total. The van der Waals surface area contributed by atoms with E-state index in [9.17, 15) is 18.0 Å². The van der Waals surface area contributed by atoms with Crippen LogP contribution in [0.5, 0.6) is 0 Å². The summed E-state index contributed by atoms with van der Waals surface area (Å²) >= 11 is 3.34. The number of nitrogens with one attached hydrogen (secondary N) is 1. The highest BCUT2D eigenvalue weighted by atomic mass is 79.9. The number of hydrogen-bond donors (Lipinski definition) is 1. The number of methoxy groups -OCH3 is 1. The van der Waals surface area contributed by atoms with Gasteiger partial charge >= 0.3 is 5.97 Å². The Balaban J connectivity index is 1.60. The second-order valence-corrected chi connectivity index (χ2v) is 10.4. The number of sulfonamides is 1. The zero-order valence-electron chi connectivity index (χ0n) is 17.4. The van der Waals surface area contributed by atoms with Gasteiger partial charge in [0.05, 0.1) is 18.4 Å². The highest BCUT2D eigenvalue weighted by Crippen LogP contribution is 2.25. The number of anilines is 1. The average Bonchev–Trinajstić information content (AvgIpc) is 2.76. The minimum absolute atomic E-state index is 0.0589. The minimum atomic E-state index is -3.45. The van der Waals surface area contributed by atoms with Crippen molar-refractivity contribution in [2.75, 3.05) is 25.5 Å². The number of esters is 1. The van der Waals surface area contributed by atoms with Gasteiger partial charge in [-0.3, -0.25) is 4.79 Å². The molecule has 9 heteroatoms. The van der Waals surface area contributed by atoms with E-state index in [4.69, 9.17) is 4.74 Å². The van der Waals surface area contributed by atoms with Gasteiger partial charge in [0.2, 0.25) is 15.9 Å². The molecule has 3 rings (SSSR count). The van der Waals surface area contributed by atoms with Gasteiger partial charge in [0.25, 0.3) is 0 Å². The number of hydrogen-bond acceptors (Lipinski definition) is 5. The number of amides is 1. The predicted octanol–water partition coefficient (Wildman–Crippen LogP) is 3.72. The Labute approximate surface area is 191 Å². The molecule has 31 heavy (non-hydrogen) atoms. The molecule has 0 bridgehead atoms. The summed E-state index contributed by atoms with van der Waals surface area (Å²) in [5.41, 5.74) is 2.31. The minimum Gasteiger partial charge on any atom is -0.465 e. The number of nitrogens with zero attached hydrogens (tertiary/aromatic N) is 1. The third-order valence-corrected chi connectivity index (χ3v) is 7.86. The summed E-state index contributed by atoms with van der Waals surface area (Å²) in [7, 11) is -2.14. The zero-order chi connectivity index (χ0) is 22.6. The molecule has 166 valence electrons. The summed E-state index contributed by atoms with van der Waals surface area (Å²) in [4.78, 5) is 24.6. The lowest BCUT2D eigenvalue weighted by atomic mass is 9.96. The van der Waals surface area contributed by atoms with Crippen molar-refractivity contribution < 1.29 is 22.7 Å². The fourth-order valence-corrected chi connectivity index (χ4v) is 5.44. The maximum Gasteiger partial charge on any atom is 0.338 e. The van der Waals surface area contributed by atoms with E-state index in [1.807, 2.05) is 12.1 Å². The van der Waals surface area contributed by atoms with Crippen molar-refractivity contribution in [3.8, 4) is 0 Å². The molecule has 0 saturated carbocycles. The largest absolute Gasteiger partial charge is 0.465 e. The molecule has 0 unspecified atom stereocenters. The number of ether oxygens (including phenoxy) is 1. The number of piperidine rings is 1. The zero-order valence-corrected chi connectivity index (χ0v) is 19.8. The number of carbonyl (C=O) groups excluding carboxylic acids is 2. The smallest absolute Gasteiger partial charge is 0.338 e. The van der Waals surface area contributed by atoms with Crippen LogP contribution in [0.25, 0.3) is 0 Å². The summed E-state index contributed by atoms with van der Waals surface area (Å²) in [5.74, 6) is -0.982. The van der Waals surface area contributed by atoms with Crippen LogP contribution in [-0.4, -0.2) is 44.8 Å². The van der Waals surface area contributed by atoms with E-state index in [2.05, 4.69) is 21.2 Å². The number of carbonyl (C=O) groups is 2. The fraction of sp³-hybridized carbons (Fsp3) is 0.364. The monoisotopic (exact) mass is 508 g/mol. The Morgan fingerprint density at radius 1 is 1.13 bits per heavy atom. The molecule has 0 spiro atoms. The molecule has 1 aliphatic rings. The second kappa shape index (κ2) is 9.93. The number of benzene rings is 2. The normalized spacial score (nSPS) is 15.5. The summed E-state index contributed by atoms with van der Waals surface area (Å²) in [6.07, 6.45) is 0.891. The van der Waals surface area contributed by atoms with Crippen LogP contribution in [0, 0.1) is 12.8 Å². The number of rotatable bonds is 6. The van der Waals surface area contributed by atoms with Crippen LogP contribution in [0.2, 0.25) is 0 Å². The molecule has 1 N–H and O–H groups in total. The maximum atomic E-state index is 12.8. The van der Waals surface area contributed by atoms with E-state index in [0.717, 1.165) is 10.0 Å². The van der Waals surface area contributed by atoms with Crippen LogP contribution in [0.3, 0.4) is 0 Å². The molecule has 1 fully saturated rings. The topological polar surface area (TPSA) is 92.8 Å². The van der Waals surface area contributed by atoms with Crippen molar-refractivity contribution in [1.82, 2.24) is 4.31 Å². The van der Waals surface area contributed by atoms with Crippen molar-refractivity contribution in [2.45, 2.75) is 25.5 Å². The number of halogens is 1. The van der Waals surface area contributed by atoms with Gasteiger partial charge < -0.3 is 10.1 Å². The average molecular weight is 509 g/mol. The van der Waals surface area contributed by atoms with Crippen molar-refractivity contribution >= 4 is 43.5 Å². The van der Waals surface area contributed by atoms with Gasteiger partial charge in [-0.1, -0.05) is 34.1 Å². The first-order valence-corrected chi connectivity index (χ1v) is 12.3. The molecule has 1 heterocycles. The fourth-order valence-electron chi connectivity index (χ4n) is 3.62. The van der Waals surface area contributed by atoms with Crippen molar-refractivity contribution in [2.24, 2.45) is 5.92 Å². The molecular weight excluding hydrogens is 484 g/mol. The Morgan fingerprint density at radius 3 is 2.39 bits per heavy atom. The van der Waals surface area contributed by atoms with E-state index in [1.165, 1.54) is 11.4 Å². The third-order valence-electron chi connectivity index (χ3n) is 5.48. The first-order chi connectivity index (χ1) is 14.7. The van der Waals surface area contributed by atoms with Gasteiger partial charge in [-0.25, -0.2) is 17.5 Å². The molecule has 2 aromatic carbocycles. The predicted molar refractivity (Wildman–Crippen MR) is 122 cm³/mol. The molecule has 1 aliphatic heterocycles. The van der Waals surface area contributed by atoms with Crippen LogP contribution < -0.4 is 5.32 Å². The van der Waals surface area contributed by atoms with E-state index >= 15 is 0 Å². The van der Waals surface area contributed by atoms with E-state index in [0.29, 0.717) is 42.7 Å². The maximum absolute atomic E-state index is 12.8. The summed E-state index contributed by atoms with van der Waals surface area (Å²) in [6.45, 7) is 2.36. The van der Waals surface area contributed by atoms with E-state index in [1.54, 1.807) is 37.3 Å². The van der Waals surface area contributed by atoms with Crippen LogP contribution in [0.1, 0.15) is 34.3 Å². The lowest BCUT2D eigenvalue weighted by Gasteiger charge is -2.30. The van der Waals surface area contributed by atoms with Gasteiger partial charge in [0.1, 0.15) is 0 Å². The lowest BCUT2D eigenvalue weighted by Crippen LogP contribution is -2.41. The third kappa shape index (κ3) is 5.72. The molecule has 1 saturated heterocycles. The molecule has 0 aliphatic carbocycles. The summed E-state index contributed by atoms with van der Waals surface area (Å²) in [6, 6.07) is 12.3. The molecule has 0 radical (unpaired) electrons. The summed E-state index contributed by atoms with van der Waals surface area (Å²) < 4.78 is 32.6. The SMILES string of the molecule is COC(=O)c1cccc(NC(=O)C2CCN(S(=O)(=O)Cc3ccc(Br)cc3)CC2)c1C. The van der Waals surface area contributed by atoms with Crippen LogP contribution in [0.4, 0.5) is 5.69 Å². The Hall–Kier alpha value is -2.23. The Kier molecular flexibility index (Phi) is 7.51. The Morgan fingerprint density at radius 2 is 1.77 bits per heavy atom. The van der Waals surface area contributed by atoms with E-state index in [-0.39, 0.29) is 17.6 Å². The molecule has 1 amide bonds. The van der Waals surface area contributed by atoms with Gasteiger partial charge in [-0.15, -0.1) is 0 Å².